The normalized spacial score (nSPS) is 10.3. The van der Waals surface area contributed by atoms with Gasteiger partial charge in [0.2, 0.25) is 11.6 Å². The number of hydrogen-bond acceptors (Lipinski definition) is 7. The lowest BCUT2D eigenvalue weighted by Gasteiger charge is -2.15. The van der Waals surface area contributed by atoms with Crippen LogP contribution >= 0.6 is 0 Å². The molecule has 0 aliphatic rings. The molecule has 1 heterocycles. The van der Waals surface area contributed by atoms with E-state index in [1.54, 1.807) is 36.4 Å². The van der Waals surface area contributed by atoms with Gasteiger partial charge in [0, 0.05) is 5.56 Å². The fourth-order valence-electron chi connectivity index (χ4n) is 2.54. The van der Waals surface area contributed by atoms with Crippen molar-refractivity contribution in [1.29, 1.82) is 0 Å². The highest BCUT2D eigenvalue weighted by molar-refractivity contribution is 5.96. The summed E-state index contributed by atoms with van der Waals surface area (Å²) < 4.78 is 21.6. The Morgan fingerprint density at radius 2 is 1.63 bits per heavy atom. The lowest BCUT2D eigenvalue weighted by molar-refractivity contribution is 0.255. The van der Waals surface area contributed by atoms with E-state index in [2.05, 4.69) is 10.2 Å². The molecule has 0 saturated carbocycles. The fraction of sp³-hybridized carbons (Fsp3) is 0.167. The molecule has 140 valence electrons. The van der Waals surface area contributed by atoms with Gasteiger partial charge in [0.25, 0.3) is 0 Å². The monoisotopic (exact) mass is 370 g/mol. The summed E-state index contributed by atoms with van der Waals surface area (Å²) in [7, 11) is 4.52. The van der Waals surface area contributed by atoms with Crippen LogP contribution in [0.4, 0.5) is 16.5 Å². The Bertz CT molecular complexity index is 917. The molecule has 2 aromatic carbocycles. The largest absolute Gasteiger partial charge is 0.493 e. The van der Waals surface area contributed by atoms with Crippen LogP contribution in [0.5, 0.6) is 17.2 Å². The lowest BCUT2D eigenvalue weighted by Crippen LogP contribution is -2.31. The fourth-order valence-corrected chi connectivity index (χ4v) is 2.54. The number of aromatic nitrogens is 2. The standard InChI is InChI=1S/C18H18N4O5/c1-24-13-9-11(10-14(25-2)15(13)26-3)16-20-21-18(27-16)22(17(19)23)12-7-5-4-6-8-12/h4-10H,1-3H3,(H2,19,23). The summed E-state index contributed by atoms with van der Waals surface area (Å²) >= 11 is 0. The molecule has 0 radical (unpaired) electrons. The number of urea groups is 1. The number of anilines is 2. The zero-order valence-corrected chi connectivity index (χ0v) is 15.0. The van der Waals surface area contributed by atoms with Gasteiger partial charge in [-0.3, -0.25) is 0 Å². The molecule has 0 bridgehead atoms. The van der Waals surface area contributed by atoms with Gasteiger partial charge in [-0.15, -0.1) is 5.10 Å². The number of rotatable bonds is 6. The van der Waals surface area contributed by atoms with E-state index in [1.165, 1.54) is 21.3 Å². The zero-order valence-electron chi connectivity index (χ0n) is 15.0. The van der Waals surface area contributed by atoms with E-state index in [0.717, 1.165) is 4.90 Å². The molecule has 0 unspecified atom stereocenters. The lowest BCUT2D eigenvalue weighted by atomic mass is 10.2. The van der Waals surface area contributed by atoms with Crippen molar-refractivity contribution in [1.82, 2.24) is 10.2 Å². The number of methoxy groups -OCH3 is 3. The van der Waals surface area contributed by atoms with Crippen molar-refractivity contribution in [3.63, 3.8) is 0 Å². The molecule has 0 saturated heterocycles. The predicted molar refractivity (Wildman–Crippen MR) is 97.6 cm³/mol. The van der Waals surface area contributed by atoms with Crippen LogP contribution in [0.25, 0.3) is 11.5 Å². The molecule has 0 spiro atoms. The molecular formula is C18H18N4O5. The summed E-state index contributed by atoms with van der Waals surface area (Å²) in [6, 6.07) is 11.3. The first-order valence-electron chi connectivity index (χ1n) is 7.87. The van der Waals surface area contributed by atoms with Crippen LogP contribution in [0, 0.1) is 0 Å². The average molecular weight is 370 g/mol. The Hall–Kier alpha value is -3.75. The molecule has 27 heavy (non-hydrogen) atoms. The molecule has 0 fully saturated rings. The molecule has 1 aromatic heterocycles. The van der Waals surface area contributed by atoms with Crippen molar-refractivity contribution >= 4 is 17.7 Å². The molecule has 2 N–H and O–H groups in total. The topological polar surface area (TPSA) is 113 Å². The molecule has 0 atom stereocenters. The number of amides is 2. The van der Waals surface area contributed by atoms with E-state index in [9.17, 15) is 4.79 Å². The summed E-state index contributed by atoms with van der Waals surface area (Å²) in [6.45, 7) is 0. The third-order valence-electron chi connectivity index (χ3n) is 3.75. The Morgan fingerprint density at radius 3 is 2.15 bits per heavy atom. The van der Waals surface area contributed by atoms with Crippen LogP contribution in [-0.4, -0.2) is 37.6 Å². The maximum absolute atomic E-state index is 11.9. The van der Waals surface area contributed by atoms with Gasteiger partial charge in [-0.1, -0.05) is 23.3 Å². The van der Waals surface area contributed by atoms with Crippen molar-refractivity contribution in [2.45, 2.75) is 0 Å². The number of carbonyl (C=O) groups excluding carboxylic acids is 1. The quantitative estimate of drug-likeness (QED) is 0.709. The number of para-hydroxylation sites is 1. The number of benzene rings is 2. The second-order valence-corrected chi connectivity index (χ2v) is 5.31. The molecule has 3 aromatic rings. The third kappa shape index (κ3) is 3.47. The first kappa shape index (κ1) is 18.1. The van der Waals surface area contributed by atoms with E-state index in [1.807, 2.05) is 6.07 Å². The summed E-state index contributed by atoms with van der Waals surface area (Å²) in [5.41, 5.74) is 6.51. The highest BCUT2D eigenvalue weighted by Crippen LogP contribution is 2.41. The Kier molecular flexibility index (Phi) is 5.11. The average Bonchev–Trinajstić information content (AvgIpc) is 3.17. The van der Waals surface area contributed by atoms with Gasteiger partial charge in [0.1, 0.15) is 0 Å². The molecular weight excluding hydrogens is 352 g/mol. The van der Waals surface area contributed by atoms with Crippen molar-refractivity contribution in [2.24, 2.45) is 5.73 Å². The van der Waals surface area contributed by atoms with Gasteiger partial charge >= 0.3 is 12.0 Å². The smallest absolute Gasteiger partial charge is 0.331 e. The molecule has 0 aliphatic heterocycles. The third-order valence-corrected chi connectivity index (χ3v) is 3.75. The Labute approximate surface area is 155 Å². The van der Waals surface area contributed by atoms with Gasteiger partial charge in [-0.05, 0) is 24.3 Å². The van der Waals surface area contributed by atoms with Gasteiger partial charge in [-0.2, -0.15) is 0 Å². The van der Waals surface area contributed by atoms with Gasteiger partial charge < -0.3 is 24.4 Å². The van der Waals surface area contributed by atoms with E-state index >= 15 is 0 Å². The number of carbonyl (C=O) groups is 1. The van der Waals surface area contributed by atoms with Crippen LogP contribution in [0.15, 0.2) is 46.9 Å². The van der Waals surface area contributed by atoms with Crippen molar-refractivity contribution in [3.8, 4) is 28.7 Å². The minimum absolute atomic E-state index is 0.0579. The minimum Gasteiger partial charge on any atom is -0.493 e. The first-order valence-corrected chi connectivity index (χ1v) is 7.87. The van der Waals surface area contributed by atoms with Crippen LogP contribution in [0.2, 0.25) is 0 Å². The highest BCUT2D eigenvalue weighted by atomic mass is 16.5. The predicted octanol–water partition coefficient (Wildman–Crippen LogP) is 2.98. The Morgan fingerprint density at radius 1 is 1.00 bits per heavy atom. The number of primary amides is 1. The second kappa shape index (κ2) is 7.65. The summed E-state index contributed by atoms with van der Waals surface area (Å²) in [5, 5.41) is 7.94. The maximum atomic E-state index is 11.9. The van der Waals surface area contributed by atoms with Crippen LogP contribution in [0.3, 0.4) is 0 Å². The number of nitrogens with two attached hydrogens (primary N) is 1. The van der Waals surface area contributed by atoms with Crippen LogP contribution in [0.1, 0.15) is 0 Å². The van der Waals surface area contributed by atoms with Crippen LogP contribution < -0.4 is 24.8 Å². The number of ether oxygens (including phenoxy) is 3. The van der Waals surface area contributed by atoms with Gasteiger partial charge in [0.05, 0.1) is 27.0 Å². The van der Waals surface area contributed by atoms with E-state index < -0.39 is 6.03 Å². The molecule has 2 amide bonds. The van der Waals surface area contributed by atoms with E-state index in [0.29, 0.717) is 28.5 Å². The van der Waals surface area contributed by atoms with E-state index in [4.69, 9.17) is 24.4 Å². The van der Waals surface area contributed by atoms with Crippen molar-refractivity contribution < 1.29 is 23.4 Å². The van der Waals surface area contributed by atoms with Crippen molar-refractivity contribution in [2.75, 3.05) is 26.2 Å². The summed E-state index contributed by atoms with van der Waals surface area (Å²) in [5.74, 6) is 1.46. The molecule has 9 heteroatoms. The van der Waals surface area contributed by atoms with Gasteiger partial charge in [0.15, 0.2) is 11.5 Å². The number of nitrogens with zero attached hydrogens (tertiary/aromatic N) is 3. The first-order chi connectivity index (χ1) is 13.1. The minimum atomic E-state index is -0.749. The number of hydrogen-bond donors (Lipinski definition) is 1. The highest BCUT2D eigenvalue weighted by Gasteiger charge is 2.23. The maximum Gasteiger partial charge on any atom is 0.331 e. The summed E-state index contributed by atoms with van der Waals surface area (Å²) in [6.07, 6.45) is 0. The summed E-state index contributed by atoms with van der Waals surface area (Å²) in [4.78, 5) is 13.0. The second-order valence-electron chi connectivity index (χ2n) is 5.31. The molecule has 3 rings (SSSR count). The van der Waals surface area contributed by atoms with Crippen LogP contribution in [-0.2, 0) is 0 Å². The molecule has 0 aliphatic carbocycles. The van der Waals surface area contributed by atoms with Crippen molar-refractivity contribution in [3.05, 3.63) is 42.5 Å². The SMILES string of the molecule is COc1cc(-c2nnc(N(C(N)=O)c3ccccc3)o2)cc(OC)c1OC. The van der Waals surface area contributed by atoms with E-state index in [-0.39, 0.29) is 11.9 Å². The molecule has 9 nitrogen and oxygen atoms in total. The zero-order chi connectivity index (χ0) is 19.4. The van der Waals surface area contributed by atoms with Gasteiger partial charge in [-0.25, -0.2) is 9.69 Å². The Balaban J connectivity index is 2.04.